The standard InChI is InChI=1S/C16H12OS/c17-14-9-11-7-8-18-16(11)15-12-4-2-1-3-10(12)5-6-13(14)15/h1-4,7-9,17H,5-6H2. The Balaban J connectivity index is 2.18. The zero-order valence-corrected chi connectivity index (χ0v) is 10.6. The molecule has 0 unspecified atom stereocenters. The fourth-order valence-corrected chi connectivity index (χ4v) is 3.88. The van der Waals surface area contributed by atoms with E-state index in [1.165, 1.54) is 21.4 Å². The summed E-state index contributed by atoms with van der Waals surface area (Å²) >= 11 is 1.76. The van der Waals surface area contributed by atoms with Gasteiger partial charge in [0.25, 0.3) is 0 Å². The van der Waals surface area contributed by atoms with Crippen molar-refractivity contribution in [3.05, 3.63) is 52.9 Å². The first-order valence-electron chi connectivity index (χ1n) is 6.15. The van der Waals surface area contributed by atoms with Gasteiger partial charge in [-0.3, -0.25) is 0 Å². The van der Waals surface area contributed by atoms with Gasteiger partial charge in [-0.2, -0.15) is 0 Å². The first-order chi connectivity index (χ1) is 8.84. The average molecular weight is 252 g/mol. The molecule has 1 aliphatic carbocycles. The second kappa shape index (κ2) is 3.59. The molecule has 0 aliphatic heterocycles. The van der Waals surface area contributed by atoms with Crippen LogP contribution in [0.25, 0.3) is 21.2 Å². The molecule has 1 aromatic heterocycles. The minimum absolute atomic E-state index is 0.449. The highest BCUT2D eigenvalue weighted by Gasteiger charge is 2.21. The molecule has 1 aliphatic rings. The Morgan fingerprint density at radius 3 is 2.89 bits per heavy atom. The van der Waals surface area contributed by atoms with Gasteiger partial charge in [-0.1, -0.05) is 24.3 Å². The third-order valence-corrected chi connectivity index (χ3v) is 4.70. The van der Waals surface area contributed by atoms with Crippen LogP contribution in [0.15, 0.2) is 41.8 Å². The zero-order valence-electron chi connectivity index (χ0n) is 9.81. The summed E-state index contributed by atoms with van der Waals surface area (Å²) in [4.78, 5) is 0. The molecular weight excluding hydrogens is 240 g/mol. The predicted molar refractivity (Wildman–Crippen MR) is 76.3 cm³/mol. The zero-order chi connectivity index (χ0) is 12.1. The van der Waals surface area contributed by atoms with E-state index < -0.39 is 0 Å². The van der Waals surface area contributed by atoms with Crippen LogP contribution in [0.3, 0.4) is 0 Å². The van der Waals surface area contributed by atoms with Crippen LogP contribution >= 0.6 is 11.3 Å². The highest BCUT2D eigenvalue weighted by atomic mass is 32.1. The normalized spacial score (nSPS) is 13.3. The lowest BCUT2D eigenvalue weighted by Gasteiger charge is -2.21. The molecule has 0 saturated carbocycles. The van der Waals surface area contributed by atoms with Crippen LogP contribution in [-0.4, -0.2) is 5.11 Å². The van der Waals surface area contributed by atoms with Crippen molar-refractivity contribution in [3.63, 3.8) is 0 Å². The van der Waals surface area contributed by atoms with Crippen molar-refractivity contribution in [3.8, 4) is 16.9 Å². The second-order valence-electron chi connectivity index (χ2n) is 4.75. The van der Waals surface area contributed by atoms with E-state index in [9.17, 15) is 5.11 Å². The molecule has 0 bridgehead atoms. The molecular formula is C16H12OS. The predicted octanol–water partition coefficient (Wildman–Crippen LogP) is 4.37. The fraction of sp³-hybridized carbons (Fsp3) is 0.125. The first-order valence-corrected chi connectivity index (χ1v) is 7.03. The summed E-state index contributed by atoms with van der Waals surface area (Å²) in [5.74, 6) is 0.449. The van der Waals surface area contributed by atoms with Gasteiger partial charge in [0.2, 0.25) is 0 Å². The van der Waals surface area contributed by atoms with Gasteiger partial charge in [0.15, 0.2) is 0 Å². The number of fused-ring (bicyclic) bond motifs is 5. The SMILES string of the molecule is Oc1cc2ccsc2c2c1CCc1ccccc1-2. The van der Waals surface area contributed by atoms with Crippen molar-refractivity contribution in [2.75, 3.05) is 0 Å². The molecule has 0 atom stereocenters. The molecule has 0 amide bonds. The molecule has 0 radical (unpaired) electrons. The molecule has 0 fully saturated rings. The second-order valence-corrected chi connectivity index (χ2v) is 5.66. The van der Waals surface area contributed by atoms with Gasteiger partial charge in [0.05, 0.1) is 0 Å². The fourth-order valence-electron chi connectivity index (χ4n) is 2.92. The van der Waals surface area contributed by atoms with Crippen molar-refractivity contribution < 1.29 is 5.11 Å². The van der Waals surface area contributed by atoms with Gasteiger partial charge >= 0.3 is 0 Å². The molecule has 0 spiro atoms. The van der Waals surface area contributed by atoms with Crippen LogP contribution in [0, 0.1) is 0 Å². The average Bonchev–Trinajstić information content (AvgIpc) is 2.86. The summed E-state index contributed by atoms with van der Waals surface area (Å²) in [5, 5.41) is 13.4. The molecule has 1 nitrogen and oxygen atoms in total. The van der Waals surface area contributed by atoms with Crippen molar-refractivity contribution in [2.45, 2.75) is 12.8 Å². The van der Waals surface area contributed by atoms with Gasteiger partial charge in [0.1, 0.15) is 5.75 Å². The third-order valence-electron chi connectivity index (χ3n) is 3.76. The molecule has 88 valence electrons. The summed E-state index contributed by atoms with van der Waals surface area (Å²) < 4.78 is 1.30. The monoisotopic (exact) mass is 252 g/mol. The van der Waals surface area contributed by atoms with Crippen LogP contribution in [0.2, 0.25) is 0 Å². The summed E-state index contributed by atoms with van der Waals surface area (Å²) in [6, 6.07) is 12.5. The molecule has 2 heteroatoms. The Morgan fingerprint density at radius 2 is 1.94 bits per heavy atom. The van der Waals surface area contributed by atoms with E-state index in [-0.39, 0.29) is 0 Å². The van der Waals surface area contributed by atoms with E-state index in [4.69, 9.17) is 0 Å². The maximum absolute atomic E-state index is 10.2. The van der Waals surface area contributed by atoms with Crippen LogP contribution in [0.1, 0.15) is 11.1 Å². The van der Waals surface area contributed by atoms with E-state index in [2.05, 4.69) is 35.7 Å². The van der Waals surface area contributed by atoms with Crippen LogP contribution in [0.5, 0.6) is 5.75 Å². The van der Waals surface area contributed by atoms with Crippen LogP contribution in [-0.2, 0) is 12.8 Å². The number of thiophene rings is 1. The Morgan fingerprint density at radius 1 is 1.06 bits per heavy atom. The lowest BCUT2D eigenvalue weighted by molar-refractivity contribution is 0.469. The highest BCUT2D eigenvalue weighted by Crippen LogP contribution is 2.44. The maximum Gasteiger partial charge on any atom is 0.120 e. The maximum atomic E-state index is 10.2. The Labute approximate surface area is 109 Å². The number of hydrogen-bond donors (Lipinski definition) is 1. The van der Waals surface area contributed by atoms with Crippen molar-refractivity contribution in [1.29, 1.82) is 0 Å². The largest absolute Gasteiger partial charge is 0.508 e. The molecule has 2 aromatic carbocycles. The minimum Gasteiger partial charge on any atom is -0.508 e. The summed E-state index contributed by atoms with van der Waals surface area (Å²) in [7, 11) is 0. The van der Waals surface area contributed by atoms with Crippen LogP contribution < -0.4 is 0 Å². The quantitative estimate of drug-likeness (QED) is 0.629. The minimum atomic E-state index is 0.449. The number of phenols is 1. The molecule has 1 heterocycles. The number of aromatic hydroxyl groups is 1. The summed E-state index contributed by atoms with van der Waals surface area (Å²) in [6.45, 7) is 0. The molecule has 18 heavy (non-hydrogen) atoms. The Hall–Kier alpha value is -1.80. The lowest BCUT2D eigenvalue weighted by atomic mass is 9.84. The number of phenolic OH excluding ortho intramolecular Hbond substituents is 1. The Kier molecular flexibility index (Phi) is 2.03. The third kappa shape index (κ3) is 1.27. The van der Waals surface area contributed by atoms with E-state index in [1.54, 1.807) is 11.3 Å². The van der Waals surface area contributed by atoms with E-state index in [0.717, 1.165) is 23.8 Å². The Bertz CT molecular complexity index is 755. The van der Waals surface area contributed by atoms with E-state index >= 15 is 0 Å². The van der Waals surface area contributed by atoms with Crippen LogP contribution in [0.4, 0.5) is 0 Å². The van der Waals surface area contributed by atoms with Crippen molar-refractivity contribution in [1.82, 2.24) is 0 Å². The van der Waals surface area contributed by atoms with Crippen molar-refractivity contribution >= 4 is 21.4 Å². The topological polar surface area (TPSA) is 20.2 Å². The van der Waals surface area contributed by atoms with Gasteiger partial charge in [0, 0.05) is 15.8 Å². The number of aryl methyl sites for hydroxylation is 1. The number of benzene rings is 2. The summed E-state index contributed by atoms with van der Waals surface area (Å²) in [5.41, 5.74) is 5.05. The number of hydrogen-bond acceptors (Lipinski definition) is 2. The highest BCUT2D eigenvalue weighted by molar-refractivity contribution is 7.17. The first kappa shape index (κ1) is 10.2. The molecule has 3 aromatic rings. The van der Waals surface area contributed by atoms with Gasteiger partial charge in [-0.15, -0.1) is 11.3 Å². The van der Waals surface area contributed by atoms with Gasteiger partial charge in [-0.05, 0) is 46.9 Å². The molecule has 1 N–H and O–H groups in total. The molecule has 4 rings (SSSR count). The lowest BCUT2D eigenvalue weighted by Crippen LogP contribution is -2.04. The van der Waals surface area contributed by atoms with E-state index in [1.807, 2.05) is 6.07 Å². The number of rotatable bonds is 0. The molecule has 0 saturated heterocycles. The van der Waals surface area contributed by atoms with Gasteiger partial charge in [-0.25, -0.2) is 0 Å². The van der Waals surface area contributed by atoms with Crippen molar-refractivity contribution in [2.24, 2.45) is 0 Å². The van der Waals surface area contributed by atoms with E-state index in [0.29, 0.717) is 5.75 Å². The summed E-state index contributed by atoms with van der Waals surface area (Å²) in [6.07, 6.45) is 1.96. The smallest absolute Gasteiger partial charge is 0.120 e. The van der Waals surface area contributed by atoms with Gasteiger partial charge < -0.3 is 5.11 Å².